The highest BCUT2D eigenvalue weighted by atomic mass is 32.1. The van der Waals surface area contributed by atoms with Crippen molar-refractivity contribution in [2.75, 3.05) is 24.5 Å². The first-order chi connectivity index (χ1) is 12.0. The second-order valence-corrected chi connectivity index (χ2v) is 6.51. The van der Waals surface area contributed by atoms with Crippen LogP contribution in [0.25, 0.3) is 0 Å². The summed E-state index contributed by atoms with van der Waals surface area (Å²) in [6, 6.07) is 8.63. The van der Waals surface area contributed by atoms with Gasteiger partial charge in [0, 0.05) is 25.3 Å². The molecule has 0 fully saturated rings. The molecular formula is C19H27N5S. The number of anilines is 1. The van der Waals surface area contributed by atoms with Crippen molar-refractivity contribution in [3.8, 4) is 6.07 Å². The molecular weight excluding hydrogens is 330 g/mol. The summed E-state index contributed by atoms with van der Waals surface area (Å²) in [5, 5.41) is 9.16. The van der Waals surface area contributed by atoms with Crippen LogP contribution >= 0.6 is 11.5 Å². The van der Waals surface area contributed by atoms with Gasteiger partial charge in [0.25, 0.3) is 0 Å². The van der Waals surface area contributed by atoms with E-state index in [0.717, 1.165) is 25.2 Å². The van der Waals surface area contributed by atoms with Gasteiger partial charge in [-0.05, 0) is 68.7 Å². The Morgan fingerprint density at radius 2 is 2.00 bits per heavy atom. The molecule has 0 atom stereocenters. The molecule has 1 heterocycles. The predicted octanol–water partition coefficient (Wildman–Crippen LogP) is 4.13. The molecule has 6 heteroatoms. The molecule has 2 rings (SSSR count). The molecule has 5 nitrogen and oxygen atoms in total. The van der Waals surface area contributed by atoms with Gasteiger partial charge in [0.1, 0.15) is 11.6 Å². The standard InChI is InChI=1S/C13H22N2.C6H5N3S/c1-4-8-15(9-7-14)13-6-5-11(2)12(3)10-13;1-4-5(3-7)6(8-2)10-9-4/h5-6,10H,4,7-9,14H2,1-3H3;2H2,1H3. The lowest BCUT2D eigenvalue weighted by Crippen LogP contribution is -2.30. The Bertz CT molecular complexity index is 724. The zero-order valence-corrected chi connectivity index (χ0v) is 16.4. The summed E-state index contributed by atoms with van der Waals surface area (Å²) < 4.78 is 3.94. The van der Waals surface area contributed by atoms with E-state index in [1.54, 1.807) is 6.92 Å². The first-order valence-electron chi connectivity index (χ1n) is 8.33. The zero-order valence-electron chi connectivity index (χ0n) is 15.5. The van der Waals surface area contributed by atoms with Gasteiger partial charge in [0.05, 0.1) is 5.69 Å². The van der Waals surface area contributed by atoms with E-state index in [-0.39, 0.29) is 0 Å². The average Bonchev–Trinajstić information content (AvgIpc) is 2.97. The normalized spacial score (nSPS) is 9.76. The number of nitrogens with two attached hydrogens (primary N) is 1. The summed E-state index contributed by atoms with van der Waals surface area (Å²) in [4.78, 5) is 6.00. The molecule has 1 aromatic heterocycles. The first kappa shape index (κ1) is 20.8. The van der Waals surface area contributed by atoms with Gasteiger partial charge in [-0.15, -0.1) is 0 Å². The molecule has 0 unspecified atom stereocenters. The summed E-state index contributed by atoms with van der Waals surface area (Å²) in [6.07, 6.45) is 1.16. The van der Waals surface area contributed by atoms with Crippen molar-refractivity contribution in [3.05, 3.63) is 40.6 Å². The van der Waals surface area contributed by atoms with E-state index in [1.165, 1.54) is 28.3 Å². The highest BCUT2D eigenvalue weighted by Crippen LogP contribution is 2.25. The lowest BCUT2D eigenvalue weighted by Gasteiger charge is -2.24. The first-order valence-corrected chi connectivity index (χ1v) is 9.11. The molecule has 0 amide bonds. The number of rotatable bonds is 6. The molecule has 0 saturated heterocycles. The second kappa shape index (κ2) is 10.6. The van der Waals surface area contributed by atoms with Crippen LogP contribution in [-0.2, 0) is 0 Å². The molecule has 0 radical (unpaired) electrons. The molecule has 2 aromatic rings. The summed E-state index contributed by atoms with van der Waals surface area (Å²) in [5.74, 6) is 0. The number of nitrogens with zero attached hydrogens (tertiary/aromatic N) is 4. The van der Waals surface area contributed by atoms with Gasteiger partial charge in [-0.3, -0.25) is 4.99 Å². The number of hydrogen-bond donors (Lipinski definition) is 1. The molecule has 0 spiro atoms. The van der Waals surface area contributed by atoms with Gasteiger partial charge in [-0.1, -0.05) is 13.0 Å². The maximum absolute atomic E-state index is 8.55. The van der Waals surface area contributed by atoms with E-state index in [9.17, 15) is 0 Å². The quantitative estimate of drug-likeness (QED) is 0.788. The SMILES string of the molecule is C=Nc1snc(C)c1C#N.CCCN(CCN)c1ccc(C)c(C)c1. The van der Waals surface area contributed by atoms with Crippen molar-refractivity contribution in [1.29, 1.82) is 5.26 Å². The van der Waals surface area contributed by atoms with Gasteiger partial charge in [-0.2, -0.15) is 9.64 Å². The van der Waals surface area contributed by atoms with Gasteiger partial charge < -0.3 is 10.6 Å². The van der Waals surface area contributed by atoms with Crippen LogP contribution in [0.1, 0.15) is 35.7 Å². The Hall–Kier alpha value is -2.23. The van der Waals surface area contributed by atoms with Crippen LogP contribution in [0.3, 0.4) is 0 Å². The number of aliphatic imine (C=N–C) groups is 1. The lowest BCUT2D eigenvalue weighted by molar-refractivity contribution is 0.762. The Labute approximate surface area is 155 Å². The van der Waals surface area contributed by atoms with Crippen LogP contribution < -0.4 is 10.6 Å². The monoisotopic (exact) mass is 357 g/mol. The third kappa shape index (κ3) is 5.96. The molecule has 2 N–H and O–H groups in total. The van der Waals surface area contributed by atoms with Crippen LogP contribution in [-0.4, -0.2) is 30.7 Å². The highest BCUT2D eigenvalue weighted by Gasteiger charge is 2.06. The van der Waals surface area contributed by atoms with Crippen LogP contribution in [0.2, 0.25) is 0 Å². The minimum atomic E-state index is 0.542. The minimum absolute atomic E-state index is 0.542. The number of hydrogen-bond acceptors (Lipinski definition) is 6. The Kier molecular flexibility index (Phi) is 8.82. The van der Waals surface area contributed by atoms with Gasteiger partial charge in [0.15, 0.2) is 5.00 Å². The van der Waals surface area contributed by atoms with Crippen molar-refractivity contribution in [2.24, 2.45) is 10.7 Å². The number of nitriles is 1. The van der Waals surface area contributed by atoms with Crippen LogP contribution in [0.15, 0.2) is 23.2 Å². The second-order valence-electron chi connectivity index (χ2n) is 5.76. The van der Waals surface area contributed by atoms with E-state index < -0.39 is 0 Å². The topological polar surface area (TPSA) is 78.3 Å². The van der Waals surface area contributed by atoms with E-state index in [0.29, 0.717) is 17.1 Å². The molecule has 0 aliphatic heterocycles. The van der Waals surface area contributed by atoms with Gasteiger partial charge in [-0.25, -0.2) is 0 Å². The largest absolute Gasteiger partial charge is 0.370 e. The summed E-state index contributed by atoms with van der Waals surface area (Å²) in [5.41, 5.74) is 10.9. The van der Waals surface area contributed by atoms with Crippen LogP contribution in [0, 0.1) is 32.1 Å². The molecule has 0 bridgehead atoms. The maximum atomic E-state index is 8.55. The van der Waals surface area contributed by atoms with Crippen LogP contribution in [0.4, 0.5) is 10.7 Å². The molecule has 0 saturated carbocycles. The summed E-state index contributed by atoms with van der Waals surface area (Å²) >= 11 is 1.20. The fraction of sp³-hybridized carbons (Fsp3) is 0.421. The zero-order chi connectivity index (χ0) is 18.8. The van der Waals surface area contributed by atoms with E-state index in [1.807, 2.05) is 6.07 Å². The summed E-state index contributed by atoms with van der Waals surface area (Å²) in [6.45, 7) is 14.3. The Balaban J connectivity index is 0.000000271. The van der Waals surface area contributed by atoms with Crippen molar-refractivity contribution in [2.45, 2.75) is 34.1 Å². The third-order valence-corrected chi connectivity index (χ3v) is 4.72. The Morgan fingerprint density at radius 1 is 1.28 bits per heavy atom. The average molecular weight is 358 g/mol. The smallest absolute Gasteiger partial charge is 0.153 e. The third-order valence-electron chi connectivity index (χ3n) is 3.85. The van der Waals surface area contributed by atoms with Gasteiger partial charge in [0.2, 0.25) is 0 Å². The maximum Gasteiger partial charge on any atom is 0.153 e. The molecule has 0 aliphatic rings. The van der Waals surface area contributed by atoms with Crippen molar-refractivity contribution in [1.82, 2.24) is 4.37 Å². The number of aryl methyl sites for hydroxylation is 3. The molecule has 0 aliphatic carbocycles. The van der Waals surface area contributed by atoms with Crippen molar-refractivity contribution < 1.29 is 0 Å². The van der Waals surface area contributed by atoms with Crippen LogP contribution in [0.5, 0.6) is 0 Å². The Morgan fingerprint density at radius 3 is 2.48 bits per heavy atom. The minimum Gasteiger partial charge on any atom is -0.370 e. The van der Waals surface area contributed by atoms with E-state index in [4.69, 9.17) is 11.0 Å². The molecule has 1 aromatic carbocycles. The van der Waals surface area contributed by atoms with Gasteiger partial charge >= 0.3 is 0 Å². The van der Waals surface area contributed by atoms with Crippen molar-refractivity contribution >= 4 is 28.9 Å². The molecule has 134 valence electrons. The lowest BCUT2D eigenvalue weighted by atomic mass is 10.1. The molecule has 25 heavy (non-hydrogen) atoms. The van der Waals surface area contributed by atoms with E-state index in [2.05, 4.69) is 60.0 Å². The highest BCUT2D eigenvalue weighted by molar-refractivity contribution is 7.10. The number of benzene rings is 1. The fourth-order valence-corrected chi connectivity index (χ4v) is 2.97. The fourth-order valence-electron chi connectivity index (χ4n) is 2.31. The number of aromatic nitrogens is 1. The predicted molar refractivity (Wildman–Crippen MR) is 108 cm³/mol. The van der Waals surface area contributed by atoms with Crippen molar-refractivity contribution in [3.63, 3.8) is 0 Å². The summed E-state index contributed by atoms with van der Waals surface area (Å²) in [7, 11) is 0. The van der Waals surface area contributed by atoms with E-state index >= 15 is 0 Å².